The van der Waals surface area contributed by atoms with Gasteiger partial charge in [-0.3, -0.25) is 4.72 Å². The molecule has 0 saturated carbocycles. The van der Waals surface area contributed by atoms with Gasteiger partial charge >= 0.3 is 0 Å². The molecule has 0 aliphatic carbocycles. The largest absolute Gasteiger partial charge is 0.495 e. The van der Waals surface area contributed by atoms with E-state index < -0.39 is 10.0 Å². The summed E-state index contributed by atoms with van der Waals surface area (Å²) in [5, 5.41) is 0. The zero-order valence-corrected chi connectivity index (χ0v) is 14.3. The second kappa shape index (κ2) is 6.11. The van der Waals surface area contributed by atoms with E-state index >= 15 is 0 Å². The minimum Gasteiger partial charge on any atom is -0.495 e. The van der Waals surface area contributed by atoms with Crippen molar-refractivity contribution in [2.45, 2.75) is 4.90 Å². The number of nitrogens with zero attached hydrogens (tertiary/aromatic N) is 1. The van der Waals surface area contributed by atoms with Crippen LogP contribution in [0, 0.1) is 0 Å². The van der Waals surface area contributed by atoms with Gasteiger partial charge in [0, 0.05) is 4.47 Å². The van der Waals surface area contributed by atoms with Crippen molar-refractivity contribution in [3.05, 3.63) is 45.6 Å². The molecule has 0 saturated heterocycles. The molecule has 1 aromatic heterocycles. The molecular formula is C12H10Br2N2O3S. The van der Waals surface area contributed by atoms with E-state index in [-0.39, 0.29) is 10.6 Å². The summed E-state index contributed by atoms with van der Waals surface area (Å²) in [6.07, 6.45) is 1.42. The van der Waals surface area contributed by atoms with Crippen LogP contribution in [0.3, 0.4) is 0 Å². The monoisotopic (exact) mass is 420 g/mol. The van der Waals surface area contributed by atoms with Gasteiger partial charge in [0.1, 0.15) is 15.2 Å². The fourth-order valence-corrected chi connectivity index (χ4v) is 3.49. The number of methoxy groups -OCH3 is 1. The molecule has 0 radical (unpaired) electrons. The molecule has 106 valence electrons. The van der Waals surface area contributed by atoms with Crippen LogP contribution in [0.15, 0.2) is 50.5 Å². The molecule has 2 aromatic rings. The summed E-state index contributed by atoms with van der Waals surface area (Å²) in [5.41, 5.74) is 0.371. The van der Waals surface area contributed by atoms with E-state index in [0.29, 0.717) is 14.8 Å². The molecule has 0 aliphatic rings. The van der Waals surface area contributed by atoms with E-state index in [9.17, 15) is 8.42 Å². The van der Waals surface area contributed by atoms with Crippen LogP contribution in [-0.4, -0.2) is 20.5 Å². The van der Waals surface area contributed by atoms with Gasteiger partial charge in [0.15, 0.2) is 0 Å². The predicted molar refractivity (Wildman–Crippen MR) is 83.4 cm³/mol. The van der Waals surface area contributed by atoms with Gasteiger partial charge in [-0.25, -0.2) is 13.4 Å². The first-order valence-electron chi connectivity index (χ1n) is 5.40. The normalized spacial score (nSPS) is 11.2. The summed E-state index contributed by atoms with van der Waals surface area (Å²) in [5.74, 6) is 0.269. The number of sulfonamides is 1. The molecule has 0 amide bonds. The van der Waals surface area contributed by atoms with Crippen molar-refractivity contribution in [3.8, 4) is 5.75 Å². The summed E-state index contributed by atoms with van der Waals surface area (Å²) in [6, 6.07) is 8.03. The van der Waals surface area contributed by atoms with Crippen LogP contribution >= 0.6 is 31.9 Å². The van der Waals surface area contributed by atoms with Crippen molar-refractivity contribution in [3.63, 3.8) is 0 Å². The third-order valence-corrected chi connectivity index (χ3v) is 4.76. The van der Waals surface area contributed by atoms with Gasteiger partial charge in [-0.05, 0) is 46.3 Å². The van der Waals surface area contributed by atoms with E-state index in [1.807, 2.05) is 0 Å². The molecule has 1 heterocycles. The average Bonchev–Trinajstić information content (AvgIpc) is 2.41. The Hall–Kier alpha value is -1.12. The Morgan fingerprint density at radius 1 is 1.20 bits per heavy atom. The first-order valence-corrected chi connectivity index (χ1v) is 8.47. The van der Waals surface area contributed by atoms with E-state index in [2.05, 4.69) is 41.6 Å². The van der Waals surface area contributed by atoms with Gasteiger partial charge < -0.3 is 4.74 Å². The molecule has 5 nitrogen and oxygen atoms in total. The number of rotatable bonds is 4. The van der Waals surface area contributed by atoms with Crippen molar-refractivity contribution < 1.29 is 13.2 Å². The second-order valence-corrected chi connectivity index (χ2v) is 7.15. The number of aromatic nitrogens is 1. The third-order valence-electron chi connectivity index (χ3n) is 2.39. The van der Waals surface area contributed by atoms with Crippen molar-refractivity contribution >= 4 is 47.6 Å². The van der Waals surface area contributed by atoms with Gasteiger partial charge in [0.2, 0.25) is 0 Å². The molecule has 0 fully saturated rings. The summed E-state index contributed by atoms with van der Waals surface area (Å²) in [4.78, 5) is 4.02. The van der Waals surface area contributed by atoms with Crippen LogP contribution in [0.5, 0.6) is 5.75 Å². The van der Waals surface area contributed by atoms with Gasteiger partial charge in [-0.1, -0.05) is 15.9 Å². The molecule has 2 rings (SSSR count). The number of hydrogen-bond acceptors (Lipinski definition) is 4. The SMILES string of the molecule is COc1ccc(Br)cc1S(=O)(=O)Nc1ccc(Br)nc1. The average molecular weight is 422 g/mol. The zero-order valence-electron chi connectivity index (χ0n) is 10.3. The highest BCUT2D eigenvalue weighted by Gasteiger charge is 2.20. The predicted octanol–water partition coefficient (Wildman–Crippen LogP) is 3.42. The van der Waals surface area contributed by atoms with Crippen LogP contribution in [0.1, 0.15) is 0 Å². The molecular weight excluding hydrogens is 412 g/mol. The third kappa shape index (κ3) is 3.50. The van der Waals surface area contributed by atoms with Crippen molar-refractivity contribution in [1.29, 1.82) is 0 Å². The van der Waals surface area contributed by atoms with Gasteiger partial charge in [0.25, 0.3) is 10.0 Å². The Bertz CT molecular complexity index is 718. The minimum atomic E-state index is -3.75. The molecule has 8 heteroatoms. The number of halogens is 2. The smallest absolute Gasteiger partial charge is 0.265 e. The molecule has 20 heavy (non-hydrogen) atoms. The maximum Gasteiger partial charge on any atom is 0.265 e. The number of nitrogens with one attached hydrogen (secondary N) is 1. The molecule has 0 spiro atoms. The summed E-state index contributed by atoms with van der Waals surface area (Å²) in [6.45, 7) is 0. The first kappa shape index (κ1) is 15.3. The zero-order chi connectivity index (χ0) is 14.8. The van der Waals surface area contributed by atoms with E-state index in [1.165, 1.54) is 19.4 Å². The maximum absolute atomic E-state index is 12.4. The highest BCUT2D eigenvalue weighted by Crippen LogP contribution is 2.28. The lowest BCUT2D eigenvalue weighted by Gasteiger charge is -2.11. The Kier molecular flexibility index (Phi) is 4.66. The van der Waals surface area contributed by atoms with E-state index in [4.69, 9.17) is 4.74 Å². The van der Waals surface area contributed by atoms with Gasteiger partial charge in [0.05, 0.1) is 19.0 Å². The van der Waals surface area contributed by atoms with Crippen LogP contribution in [0.4, 0.5) is 5.69 Å². The summed E-state index contributed by atoms with van der Waals surface area (Å²) < 4.78 is 33.5. The number of pyridine rings is 1. The number of anilines is 1. The fraction of sp³-hybridized carbons (Fsp3) is 0.0833. The topological polar surface area (TPSA) is 68.3 Å². The maximum atomic E-state index is 12.4. The van der Waals surface area contributed by atoms with E-state index in [0.717, 1.165) is 0 Å². The standard InChI is InChI=1S/C12H10Br2N2O3S/c1-19-10-4-2-8(13)6-11(10)20(17,18)16-9-3-5-12(14)15-7-9/h2-7,16H,1H3. The number of hydrogen-bond donors (Lipinski definition) is 1. The lowest BCUT2D eigenvalue weighted by molar-refractivity contribution is 0.403. The van der Waals surface area contributed by atoms with Crippen molar-refractivity contribution in [2.75, 3.05) is 11.8 Å². The molecule has 1 aromatic carbocycles. The van der Waals surface area contributed by atoms with Gasteiger partial charge in [-0.15, -0.1) is 0 Å². The van der Waals surface area contributed by atoms with Gasteiger partial charge in [-0.2, -0.15) is 0 Å². The lowest BCUT2D eigenvalue weighted by Crippen LogP contribution is -2.14. The highest BCUT2D eigenvalue weighted by molar-refractivity contribution is 9.10. The minimum absolute atomic E-state index is 0.0530. The van der Waals surface area contributed by atoms with Crippen molar-refractivity contribution in [2.24, 2.45) is 0 Å². The van der Waals surface area contributed by atoms with Crippen molar-refractivity contribution in [1.82, 2.24) is 4.98 Å². The molecule has 0 aliphatic heterocycles. The van der Waals surface area contributed by atoms with E-state index in [1.54, 1.807) is 24.3 Å². The first-order chi connectivity index (χ1) is 9.42. The Morgan fingerprint density at radius 3 is 2.55 bits per heavy atom. The number of ether oxygens (including phenoxy) is 1. The Balaban J connectivity index is 2.40. The summed E-state index contributed by atoms with van der Waals surface area (Å²) >= 11 is 6.43. The molecule has 0 atom stereocenters. The lowest BCUT2D eigenvalue weighted by atomic mass is 10.3. The second-order valence-electron chi connectivity index (χ2n) is 3.77. The Morgan fingerprint density at radius 2 is 1.95 bits per heavy atom. The molecule has 0 bridgehead atoms. The molecule has 1 N–H and O–H groups in total. The van der Waals surface area contributed by atoms with Crippen LogP contribution in [0.2, 0.25) is 0 Å². The fourth-order valence-electron chi connectivity index (χ4n) is 1.51. The Labute approximate surface area is 133 Å². The van der Waals surface area contributed by atoms with Crippen LogP contribution in [0.25, 0.3) is 0 Å². The van der Waals surface area contributed by atoms with Crippen LogP contribution < -0.4 is 9.46 Å². The summed E-state index contributed by atoms with van der Waals surface area (Å²) in [7, 11) is -2.33. The van der Waals surface area contributed by atoms with Crippen LogP contribution in [-0.2, 0) is 10.0 Å². The number of benzene rings is 1. The quantitative estimate of drug-likeness (QED) is 0.768. The highest BCUT2D eigenvalue weighted by atomic mass is 79.9. The molecule has 0 unspecified atom stereocenters.